The van der Waals surface area contributed by atoms with E-state index >= 15 is 0 Å². The molecule has 4 unspecified atom stereocenters. The highest BCUT2D eigenvalue weighted by atomic mass is 79.9. The van der Waals surface area contributed by atoms with Crippen molar-refractivity contribution < 1.29 is 0 Å². The van der Waals surface area contributed by atoms with Gasteiger partial charge < -0.3 is 5.32 Å². The van der Waals surface area contributed by atoms with Crippen molar-refractivity contribution >= 4 is 27.3 Å². The van der Waals surface area contributed by atoms with E-state index in [0.717, 1.165) is 24.3 Å². The predicted molar refractivity (Wildman–Crippen MR) is 84.1 cm³/mol. The number of thiophene rings is 1. The maximum atomic E-state index is 3.71. The molecule has 1 aliphatic carbocycles. The molecule has 0 amide bonds. The molecule has 1 fully saturated rings. The fourth-order valence-electron chi connectivity index (χ4n) is 3.11. The summed E-state index contributed by atoms with van der Waals surface area (Å²) in [5.41, 5.74) is 0. The summed E-state index contributed by atoms with van der Waals surface area (Å²) in [4.78, 5) is 1.49. The SMILES string of the molecule is CCNC(c1sccc1Br)C1CCC(C)C(C)C1. The van der Waals surface area contributed by atoms with E-state index in [1.165, 1.54) is 28.6 Å². The summed E-state index contributed by atoms with van der Waals surface area (Å²) in [6.07, 6.45) is 4.12. The van der Waals surface area contributed by atoms with E-state index in [1.807, 2.05) is 11.3 Å². The molecular weight excluding hydrogens is 306 g/mol. The van der Waals surface area contributed by atoms with Crippen LogP contribution in [0.5, 0.6) is 0 Å². The summed E-state index contributed by atoms with van der Waals surface area (Å²) in [6, 6.07) is 2.72. The molecule has 102 valence electrons. The van der Waals surface area contributed by atoms with Crippen molar-refractivity contribution in [3.05, 3.63) is 20.8 Å². The van der Waals surface area contributed by atoms with E-state index in [2.05, 4.69) is 53.5 Å². The molecule has 1 heterocycles. The highest BCUT2D eigenvalue weighted by Gasteiger charge is 2.31. The summed E-state index contributed by atoms with van der Waals surface area (Å²) >= 11 is 5.58. The lowest BCUT2D eigenvalue weighted by Crippen LogP contribution is -2.32. The molecular formula is C15H24BrNS. The quantitative estimate of drug-likeness (QED) is 0.797. The summed E-state index contributed by atoms with van der Waals surface area (Å²) < 4.78 is 1.28. The van der Waals surface area contributed by atoms with Crippen LogP contribution in [0.3, 0.4) is 0 Å². The van der Waals surface area contributed by atoms with Gasteiger partial charge in [0.2, 0.25) is 0 Å². The molecule has 1 aromatic heterocycles. The van der Waals surface area contributed by atoms with Crippen LogP contribution < -0.4 is 5.32 Å². The Bertz CT molecular complexity index is 376. The third-order valence-electron chi connectivity index (χ3n) is 4.46. The van der Waals surface area contributed by atoms with Crippen molar-refractivity contribution in [3.63, 3.8) is 0 Å². The van der Waals surface area contributed by atoms with Crippen LogP contribution in [-0.4, -0.2) is 6.54 Å². The van der Waals surface area contributed by atoms with E-state index in [0.29, 0.717) is 6.04 Å². The van der Waals surface area contributed by atoms with Crippen LogP contribution in [0, 0.1) is 17.8 Å². The minimum atomic E-state index is 0.541. The smallest absolute Gasteiger partial charge is 0.0454 e. The maximum Gasteiger partial charge on any atom is 0.0454 e. The van der Waals surface area contributed by atoms with E-state index in [4.69, 9.17) is 0 Å². The summed E-state index contributed by atoms with van der Waals surface area (Å²) in [5.74, 6) is 2.56. The lowest BCUT2D eigenvalue weighted by Gasteiger charge is -2.37. The van der Waals surface area contributed by atoms with Crippen LogP contribution in [0.4, 0.5) is 0 Å². The van der Waals surface area contributed by atoms with Gasteiger partial charge in [-0.3, -0.25) is 0 Å². The zero-order chi connectivity index (χ0) is 13.1. The lowest BCUT2D eigenvalue weighted by molar-refractivity contribution is 0.173. The van der Waals surface area contributed by atoms with E-state index in [1.54, 1.807) is 0 Å². The summed E-state index contributed by atoms with van der Waals surface area (Å²) in [5, 5.41) is 5.90. The van der Waals surface area contributed by atoms with Crippen molar-refractivity contribution in [1.82, 2.24) is 5.32 Å². The third-order valence-corrected chi connectivity index (χ3v) is 6.42. The first-order valence-corrected chi connectivity index (χ1v) is 8.77. The highest BCUT2D eigenvalue weighted by Crippen LogP contribution is 2.42. The second kappa shape index (κ2) is 6.53. The topological polar surface area (TPSA) is 12.0 Å². The molecule has 3 heteroatoms. The predicted octanol–water partition coefficient (Wildman–Crippen LogP) is 5.23. The Labute approximate surface area is 123 Å². The fourth-order valence-corrected chi connectivity index (χ4v) is 4.90. The second-order valence-electron chi connectivity index (χ2n) is 5.70. The number of rotatable bonds is 4. The molecule has 1 N–H and O–H groups in total. The Morgan fingerprint density at radius 3 is 2.72 bits per heavy atom. The molecule has 0 spiro atoms. The Morgan fingerprint density at radius 2 is 2.17 bits per heavy atom. The van der Waals surface area contributed by atoms with Crippen molar-refractivity contribution in [3.8, 4) is 0 Å². The molecule has 1 aromatic rings. The molecule has 0 bridgehead atoms. The molecule has 0 aromatic carbocycles. The van der Waals surface area contributed by atoms with Gasteiger partial charge in [0.25, 0.3) is 0 Å². The Balaban J connectivity index is 2.13. The number of nitrogens with one attached hydrogen (secondary N) is 1. The average molecular weight is 330 g/mol. The first kappa shape index (κ1) is 14.5. The van der Waals surface area contributed by atoms with Gasteiger partial charge >= 0.3 is 0 Å². The minimum Gasteiger partial charge on any atom is -0.309 e. The monoisotopic (exact) mass is 329 g/mol. The molecule has 0 radical (unpaired) electrons. The normalized spacial score (nSPS) is 30.3. The van der Waals surface area contributed by atoms with Gasteiger partial charge in [-0.25, -0.2) is 0 Å². The summed E-state index contributed by atoms with van der Waals surface area (Å²) in [6.45, 7) is 8.09. The lowest BCUT2D eigenvalue weighted by atomic mass is 9.73. The van der Waals surface area contributed by atoms with Crippen molar-refractivity contribution in [2.45, 2.75) is 46.1 Å². The van der Waals surface area contributed by atoms with Crippen LogP contribution >= 0.6 is 27.3 Å². The summed E-state index contributed by atoms with van der Waals surface area (Å²) in [7, 11) is 0. The molecule has 4 atom stereocenters. The second-order valence-corrected chi connectivity index (χ2v) is 7.50. The van der Waals surface area contributed by atoms with Crippen molar-refractivity contribution in [2.24, 2.45) is 17.8 Å². The first-order valence-electron chi connectivity index (χ1n) is 7.09. The maximum absolute atomic E-state index is 3.71. The Kier molecular flexibility index (Phi) is 5.28. The van der Waals surface area contributed by atoms with E-state index < -0.39 is 0 Å². The zero-order valence-electron chi connectivity index (χ0n) is 11.6. The van der Waals surface area contributed by atoms with Crippen LogP contribution in [0.25, 0.3) is 0 Å². The first-order chi connectivity index (χ1) is 8.63. The van der Waals surface area contributed by atoms with Crippen LogP contribution in [0.1, 0.15) is 51.0 Å². The van der Waals surface area contributed by atoms with Crippen LogP contribution in [0.2, 0.25) is 0 Å². The van der Waals surface area contributed by atoms with Gasteiger partial charge in [0.1, 0.15) is 0 Å². The number of hydrogen-bond acceptors (Lipinski definition) is 2. The van der Waals surface area contributed by atoms with E-state index in [9.17, 15) is 0 Å². The fraction of sp³-hybridized carbons (Fsp3) is 0.733. The van der Waals surface area contributed by atoms with E-state index in [-0.39, 0.29) is 0 Å². The van der Waals surface area contributed by atoms with Gasteiger partial charge in [-0.05, 0) is 64.5 Å². The molecule has 0 saturated heterocycles. The number of halogens is 1. The Morgan fingerprint density at radius 1 is 1.39 bits per heavy atom. The number of hydrogen-bond donors (Lipinski definition) is 1. The van der Waals surface area contributed by atoms with Gasteiger partial charge in [0.05, 0.1) is 0 Å². The highest BCUT2D eigenvalue weighted by molar-refractivity contribution is 9.10. The van der Waals surface area contributed by atoms with Gasteiger partial charge in [-0.15, -0.1) is 11.3 Å². The average Bonchev–Trinajstić information content (AvgIpc) is 2.76. The van der Waals surface area contributed by atoms with Crippen molar-refractivity contribution in [1.29, 1.82) is 0 Å². The van der Waals surface area contributed by atoms with Crippen LogP contribution in [-0.2, 0) is 0 Å². The van der Waals surface area contributed by atoms with Gasteiger partial charge in [-0.2, -0.15) is 0 Å². The molecule has 1 aliphatic rings. The van der Waals surface area contributed by atoms with Gasteiger partial charge in [-0.1, -0.05) is 27.2 Å². The van der Waals surface area contributed by atoms with Crippen molar-refractivity contribution in [2.75, 3.05) is 6.54 Å². The zero-order valence-corrected chi connectivity index (χ0v) is 14.0. The van der Waals surface area contributed by atoms with Gasteiger partial charge in [0, 0.05) is 15.4 Å². The molecule has 1 nitrogen and oxygen atoms in total. The third kappa shape index (κ3) is 3.17. The largest absolute Gasteiger partial charge is 0.309 e. The molecule has 2 rings (SSSR count). The molecule has 1 saturated carbocycles. The molecule has 18 heavy (non-hydrogen) atoms. The van der Waals surface area contributed by atoms with Gasteiger partial charge in [0.15, 0.2) is 0 Å². The molecule has 0 aliphatic heterocycles. The minimum absolute atomic E-state index is 0.541. The van der Waals surface area contributed by atoms with Crippen LogP contribution in [0.15, 0.2) is 15.9 Å². The standard InChI is InChI=1S/C15H24BrNS/c1-4-17-14(15-13(16)7-8-18-15)12-6-5-10(2)11(3)9-12/h7-8,10-12,14,17H,4-6,9H2,1-3H3. The Hall–Kier alpha value is 0.140.